The Bertz CT molecular complexity index is 360. The maximum absolute atomic E-state index is 12.0. The lowest BCUT2D eigenvalue weighted by atomic mass is 9.64. The van der Waals surface area contributed by atoms with Crippen molar-refractivity contribution in [1.82, 2.24) is 5.32 Å². The number of carbonyl (C=O) groups is 2. The van der Waals surface area contributed by atoms with Crippen molar-refractivity contribution >= 4 is 11.9 Å². The van der Waals surface area contributed by atoms with Gasteiger partial charge in [0.15, 0.2) is 0 Å². The number of amides is 1. The molecule has 19 heavy (non-hydrogen) atoms. The number of hydrogen-bond acceptors (Lipinski definition) is 2. The van der Waals surface area contributed by atoms with E-state index in [1.807, 2.05) is 0 Å². The number of carboxylic acid groups (broad SMARTS) is 1. The summed E-state index contributed by atoms with van der Waals surface area (Å²) in [5, 5.41) is 12.0. The van der Waals surface area contributed by atoms with Crippen LogP contribution in [0.15, 0.2) is 0 Å². The van der Waals surface area contributed by atoms with Crippen molar-refractivity contribution in [3.63, 3.8) is 0 Å². The lowest BCUT2D eigenvalue weighted by Gasteiger charge is -2.44. The lowest BCUT2D eigenvalue weighted by molar-refractivity contribution is -0.153. The molecule has 4 nitrogen and oxygen atoms in total. The lowest BCUT2D eigenvalue weighted by Crippen LogP contribution is -2.49. The Kier molecular flexibility index (Phi) is 4.16. The quantitative estimate of drug-likeness (QED) is 0.776. The van der Waals surface area contributed by atoms with Crippen molar-refractivity contribution in [2.45, 2.75) is 52.4 Å². The van der Waals surface area contributed by atoms with Gasteiger partial charge in [-0.05, 0) is 43.4 Å². The van der Waals surface area contributed by atoms with Gasteiger partial charge in [0.25, 0.3) is 0 Å². The minimum absolute atomic E-state index is 0.0475. The second kappa shape index (κ2) is 5.51. The van der Waals surface area contributed by atoms with E-state index in [2.05, 4.69) is 19.2 Å². The van der Waals surface area contributed by atoms with Crippen LogP contribution < -0.4 is 5.32 Å². The minimum Gasteiger partial charge on any atom is -0.481 e. The Hall–Kier alpha value is -1.06. The smallest absolute Gasteiger partial charge is 0.307 e. The van der Waals surface area contributed by atoms with Crippen LogP contribution in [0.1, 0.15) is 52.4 Å². The minimum atomic E-state index is -0.827. The molecular weight excluding hydrogens is 242 g/mol. The summed E-state index contributed by atoms with van der Waals surface area (Å²) in [4.78, 5) is 23.0. The zero-order chi connectivity index (χ0) is 14.0. The van der Waals surface area contributed by atoms with E-state index < -0.39 is 11.9 Å². The molecule has 0 aromatic rings. The molecule has 2 atom stereocenters. The molecule has 4 heteroatoms. The summed E-state index contributed by atoms with van der Waals surface area (Å²) in [5.74, 6) is -0.982. The second-order valence-electron chi connectivity index (χ2n) is 6.80. The number of carbonyl (C=O) groups excluding carboxylic acids is 1. The monoisotopic (exact) mass is 267 g/mol. The molecule has 2 fully saturated rings. The number of carboxylic acids is 1. The largest absolute Gasteiger partial charge is 0.481 e. The molecule has 2 unspecified atom stereocenters. The Morgan fingerprint density at radius 3 is 2.26 bits per heavy atom. The van der Waals surface area contributed by atoms with Crippen molar-refractivity contribution < 1.29 is 14.7 Å². The third-order valence-electron chi connectivity index (χ3n) is 4.82. The number of rotatable bonds is 6. The van der Waals surface area contributed by atoms with E-state index >= 15 is 0 Å². The highest BCUT2D eigenvalue weighted by molar-refractivity contribution is 5.86. The molecule has 0 bridgehead atoms. The molecular formula is C15H25NO3. The molecule has 2 aliphatic rings. The molecule has 0 spiro atoms. The van der Waals surface area contributed by atoms with Crippen LogP contribution in [0.25, 0.3) is 0 Å². The summed E-state index contributed by atoms with van der Waals surface area (Å²) >= 11 is 0. The van der Waals surface area contributed by atoms with Crippen LogP contribution in [-0.4, -0.2) is 23.5 Å². The molecule has 0 aromatic heterocycles. The summed E-state index contributed by atoms with van der Waals surface area (Å²) in [6, 6.07) is 0. The predicted octanol–water partition coefficient (Wildman–Crippen LogP) is 2.43. The van der Waals surface area contributed by atoms with Gasteiger partial charge in [-0.25, -0.2) is 0 Å². The molecule has 2 N–H and O–H groups in total. The summed E-state index contributed by atoms with van der Waals surface area (Å²) < 4.78 is 0. The molecule has 0 saturated heterocycles. The second-order valence-corrected chi connectivity index (χ2v) is 6.80. The van der Waals surface area contributed by atoms with Crippen LogP contribution in [0, 0.1) is 23.2 Å². The molecule has 1 amide bonds. The molecule has 0 heterocycles. The average Bonchev–Trinajstić information content (AvgIpc) is 2.18. The standard InChI is InChI=1S/C15H25NO3/c1-10(2)8-15(6-3-7-15)9-16-13(17)11-4-5-12(11)14(18)19/h10-12H,3-9H2,1-2H3,(H,16,17)(H,18,19). The van der Waals surface area contributed by atoms with Crippen LogP contribution in [0.2, 0.25) is 0 Å². The predicted molar refractivity (Wildman–Crippen MR) is 72.6 cm³/mol. The van der Waals surface area contributed by atoms with Crippen molar-refractivity contribution in [1.29, 1.82) is 0 Å². The molecule has 0 radical (unpaired) electrons. The van der Waals surface area contributed by atoms with E-state index in [1.165, 1.54) is 19.3 Å². The summed E-state index contributed by atoms with van der Waals surface area (Å²) in [7, 11) is 0. The van der Waals surface area contributed by atoms with Crippen molar-refractivity contribution in [3.05, 3.63) is 0 Å². The Morgan fingerprint density at radius 2 is 1.89 bits per heavy atom. The third-order valence-corrected chi connectivity index (χ3v) is 4.82. The Labute approximate surface area is 115 Å². The van der Waals surface area contributed by atoms with Gasteiger partial charge in [0, 0.05) is 6.54 Å². The zero-order valence-electron chi connectivity index (χ0n) is 11.9. The van der Waals surface area contributed by atoms with Crippen molar-refractivity contribution in [3.8, 4) is 0 Å². The summed E-state index contributed by atoms with van der Waals surface area (Å²) in [5.41, 5.74) is 0.284. The van der Waals surface area contributed by atoms with E-state index in [0.29, 0.717) is 12.3 Å². The van der Waals surface area contributed by atoms with Gasteiger partial charge in [0.05, 0.1) is 11.8 Å². The Morgan fingerprint density at radius 1 is 1.26 bits per heavy atom. The molecule has 2 aliphatic carbocycles. The molecule has 0 aliphatic heterocycles. The van der Waals surface area contributed by atoms with Gasteiger partial charge in [-0.1, -0.05) is 20.3 Å². The zero-order valence-corrected chi connectivity index (χ0v) is 11.9. The van der Waals surface area contributed by atoms with Gasteiger partial charge in [0.1, 0.15) is 0 Å². The number of hydrogen-bond donors (Lipinski definition) is 2. The molecule has 0 aromatic carbocycles. The average molecular weight is 267 g/mol. The first-order chi connectivity index (χ1) is 8.93. The van der Waals surface area contributed by atoms with Crippen LogP contribution in [0.4, 0.5) is 0 Å². The third kappa shape index (κ3) is 3.10. The summed E-state index contributed by atoms with van der Waals surface area (Å²) in [6.45, 7) is 5.16. The van der Waals surface area contributed by atoms with Crippen LogP contribution >= 0.6 is 0 Å². The summed E-state index contributed by atoms with van der Waals surface area (Å²) in [6.07, 6.45) is 6.16. The Balaban J connectivity index is 1.81. The van der Waals surface area contributed by atoms with Gasteiger partial charge in [-0.2, -0.15) is 0 Å². The van der Waals surface area contributed by atoms with Gasteiger partial charge in [-0.15, -0.1) is 0 Å². The first-order valence-corrected chi connectivity index (χ1v) is 7.44. The number of nitrogens with one attached hydrogen (secondary N) is 1. The fourth-order valence-corrected chi connectivity index (χ4v) is 3.51. The van der Waals surface area contributed by atoms with E-state index in [4.69, 9.17) is 5.11 Å². The normalized spacial score (nSPS) is 28.4. The van der Waals surface area contributed by atoms with Crippen LogP contribution in [0.5, 0.6) is 0 Å². The van der Waals surface area contributed by atoms with Gasteiger partial charge >= 0.3 is 5.97 Å². The van der Waals surface area contributed by atoms with E-state index in [0.717, 1.165) is 19.4 Å². The highest BCUT2D eigenvalue weighted by Crippen LogP contribution is 2.45. The highest BCUT2D eigenvalue weighted by atomic mass is 16.4. The van der Waals surface area contributed by atoms with Gasteiger partial charge in [0.2, 0.25) is 5.91 Å². The van der Waals surface area contributed by atoms with Crippen molar-refractivity contribution in [2.24, 2.45) is 23.2 Å². The van der Waals surface area contributed by atoms with E-state index in [-0.39, 0.29) is 17.2 Å². The topological polar surface area (TPSA) is 66.4 Å². The molecule has 108 valence electrons. The molecule has 2 rings (SSSR count). The van der Waals surface area contributed by atoms with Gasteiger partial charge in [-0.3, -0.25) is 9.59 Å². The van der Waals surface area contributed by atoms with Crippen LogP contribution in [0.3, 0.4) is 0 Å². The number of aliphatic carboxylic acids is 1. The fourth-order valence-electron chi connectivity index (χ4n) is 3.51. The maximum Gasteiger partial charge on any atom is 0.307 e. The molecule has 2 saturated carbocycles. The highest BCUT2D eigenvalue weighted by Gasteiger charge is 2.43. The first-order valence-electron chi connectivity index (χ1n) is 7.44. The maximum atomic E-state index is 12.0. The van der Waals surface area contributed by atoms with Gasteiger partial charge < -0.3 is 10.4 Å². The van der Waals surface area contributed by atoms with Crippen molar-refractivity contribution in [2.75, 3.05) is 6.54 Å². The van der Waals surface area contributed by atoms with E-state index in [1.54, 1.807) is 0 Å². The fraction of sp³-hybridized carbons (Fsp3) is 0.867. The van der Waals surface area contributed by atoms with Crippen LogP contribution in [-0.2, 0) is 9.59 Å². The first kappa shape index (κ1) is 14.4. The SMILES string of the molecule is CC(C)CC1(CNC(=O)C2CCC2C(=O)O)CCC1. The van der Waals surface area contributed by atoms with E-state index in [9.17, 15) is 9.59 Å².